The van der Waals surface area contributed by atoms with E-state index in [1.54, 1.807) is 0 Å². The second kappa shape index (κ2) is 3.56. The molecule has 1 N–H and O–H groups in total. The van der Waals surface area contributed by atoms with E-state index in [9.17, 15) is 0 Å². The van der Waals surface area contributed by atoms with E-state index >= 15 is 0 Å². The minimum Gasteiger partial charge on any atom is -0.356 e. The summed E-state index contributed by atoms with van der Waals surface area (Å²) >= 11 is 0. The van der Waals surface area contributed by atoms with E-state index in [2.05, 4.69) is 29.2 Å². The first-order valence-electron chi connectivity index (χ1n) is 5.27. The lowest BCUT2D eigenvalue weighted by atomic mass is 10.1. The molecule has 74 valence electrons. The predicted molar refractivity (Wildman–Crippen MR) is 54.8 cm³/mol. The quantitative estimate of drug-likeness (QED) is 0.701. The topological polar surface area (TPSA) is 27.6 Å². The van der Waals surface area contributed by atoms with Crippen LogP contribution in [-0.4, -0.2) is 37.5 Å². The van der Waals surface area contributed by atoms with Crippen molar-refractivity contribution in [2.45, 2.75) is 19.8 Å². The minimum absolute atomic E-state index is 0.816. The molecule has 13 heavy (non-hydrogen) atoms. The lowest BCUT2D eigenvalue weighted by Gasteiger charge is -2.17. The van der Waals surface area contributed by atoms with E-state index in [1.165, 1.54) is 12.8 Å². The lowest BCUT2D eigenvalue weighted by molar-refractivity contribution is 0.474. The van der Waals surface area contributed by atoms with Gasteiger partial charge < -0.3 is 10.2 Å². The number of nitrogens with zero attached hydrogens (tertiary/aromatic N) is 2. The summed E-state index contributed by atoms with van der Waals surface area (Å²) in [6.45, 7) is 5.45. The van der Waals surface area contributed by atoms with Gasteiger partial charge in [0.1, 0.15) is 0 Å². The van der Waals surface area contributed by atoms with Crippen molar-refractivity contribution in [3.8, 4) is 0 Å². The first-order valence-corrected chi connectivity index (χ1v) is 5.27. The van der Waals surface area contributed by atoms with Gasteiger partial charge >= 0.3 is 0 Å². The molecule has 0 bridgehead atoms. The van der Waals surface area contributed by atoms with Crippen molar-refractivity contribution in [1.29, 1.82) is 0 Å². The van der Waals surface area contributed by atoms with Gasteiger partial charge in [0.05, 0.1) is 6.54 Å². The van der Waals surface area contributed by atoms with Crippen LogP contribution in [0.3, 0.4) is 0 Å². The standard InChI is InChI=1S/C10H19N3/c1-8(9-3-4-9)7-12-10-11-5-6-13(10)2/h8-9H,3-7H2,1-2H3,(H,11,12). The van der Waals surface area contributed by atoms with Crippen LogP contribution in [0, 0.1) is 11.8 Å². The van der Waals surface area contributed by atoms with Gasteiger partial charge in [0.25, 0.3) is 0 Å². The van der Waals surface area contributed by atoms with Crippen molar-refractivity contribution in [2.75, 3.05) is 26.7 Å². The molecule has 2 aliphatic rings. The smallest absolute Gasteiger partial charge is 0.193 e. The molecule has 1 unspecified atom stereocenters. The highest BCUT2D eigenvalue weighted by Crippen LogP contribution is 2.36. The van der Waals surface area contributed by atoms with Gasteiger partial charge in [-0.15, -0.1) is 0 Å². The Balaban J connectivity index is 1.72. The molecule has 3 nitrogen and oxygen atoms in total. The number of aliphatic imine (C=N–C) groups is 1. The Morgan fingerprint density at radius 1 is 1.62 bits per heavy atom. The summed E-state index contributed by atoms with van der Waals surface area (Å²) in [4.78, 5) is 6.59. The number of hydrogen-bond donors (Lipinski definition) is 1. The Morgan fingerprint density at radius 2 is 2.38 bits per heavy atom. The fraction of sp³-hybridized carbons (Fsp3) is 0.900. The molecule has 0 amide bonds. The third kappa shape index (κ3) is 2.14. The molecule has 0 saturated heterocycles. The molecule has 1 fully saturated rings. The van der Waals surface area contributed by atoms with E-state index in [4.69, 9.17) is 0 Å². The van der Waals surface area contributed by atoms with Crippen molar-refractivity contribution < 1.29 is 0 Å². The highest BCUT2D eigenvalue weighted by atomic mass is 15.3. The van der Waals surface area contributed by atoms with Gasteiger partial charge in [-0.3, -0.25) is 4.99 Å². The molecule has 1 saturated carbocycles. The molecule has 3 heteroatoms. The third-order valence-electron chi connectivity index (χ3n) is 3.07. The maximum Gasteiger partial charge on any atom is 0.193 e. The molecule has 1 atom stereocenters. The first-order chi connectivity index (χ1) is 6.27. The van der Waals surface area contributed by atoms with Gasteiger partial charge in [-0.2, -0.15) is 0 Å². The Hall–Kier alpha value is -0.730. The zero-order chi connectivity index (χ0) is 9.26. The van der Waals surface area contributed by atoms with Gasteiger partial charge in [0.2, 0.25) is 0 Å². The molecule has 0 aromatic heterocycles. The highest BCUT2D eigenvalue weighted by Gasteiger charge is 2.28. The van der Waals surface area contributed by atoms with Crippen LogP contribution in [0.2, 0.25) is 0 Å². The van der Waals surface area contributed by atoms with Crippen molar-refractivity contribution in [3.63, 3.8) is 0 Å². The van der Waals surface area contributed by atoms with Crippen LogP contribution in [0.15, 0.2) is 4.99 Å². The van der Waals surface area contributed by atoms with E-state index < -0.39 is 0 Å². The first kappa shape index (κ1) is 8.85. The maximum absolute atomic E-state index is 4.40. The zero-order valence-electron chi connectivity index (χ0n) is 8.58. The Labute approximate surface area is 80.2 Å². The average molecular weight is 181 g/mol. The summed E-state index contributed by atoms with van der Waals surface area (Å²) in [5.74, 6) is 2.89. The van der Waals surface area contributed by atoms with Crippen LogP contribution in [0.4, 0.5) is 0 Å². The number of nitrogens with one attached hydrogen (secondary N) is 1. The minimum atomic E-state index is 0.816. The predicted octanol–water partition coefficient (Wildman–Crippen LogP) is 0.923. The second-order valence-corrected chi connectivity index (χ2v) is 4.32. The van der Waals surface area contributed by atoms with Crippen molar-refractivity contribution >= 4 is 5.96 Å². The fourth-order valence-corrected chi connectivity index (χ4v) is 1.81. The van der Waals surface area contributed by atoms with Gasteiger partial charge in [-0.05, 0) is 24.7 Å². The third-order valence-corrected chi connectivity index (χ3v) is 3.07. The van der Waals surface area contributed by atoms with Crippen molar-refractivity contribution in [2.24, 2.45) is 16.8 Å². The largest absolute Gasteiger partial charge is 0.356 e. The average Bonchev–Trinajstić information content (AvgIpc) is 2.88. The van der Waals surface area contributed by atoms with E-state index in [1.807, 2.05) is 0 Å². The summed E-state index contributed by atoms with van der Waals surface area (Å²) in [5.41, 5.74) is 0. The fourth-order valence-electron chi connectivity index (χ4n) is 1.81. The molecule has 0 aromatic carbocycles. The lowest BCUT2D eigenvalue weighted by Crippen LogP contribution is -2.38. The highest BCUT2D eigenvalue weighted by molar-refractivity contribution is 5.81. The van der Waals surface area contributed by atoms with Crippen LogP contribution in [-0.2, 0) is 0 Å². The van der Waals surface area contributed by atoms with Crippen molar-refractivity contribution in [3.05, 3.63) is 0 Å². The van der Waals surface area contributed by atoms with Gasteiger partial charge in [-0.1, -0.05) is 6.92 Å². The van der Waals surface area contributed by atoms with Gasteiger partial charge in [0, 0.05) is 20.1 Å². The van der Waals surface area contributed by atoms with Crippen LogP contribution >= 0.6 is 0 Å². The SMILES string of the molecule is CC(CNC1=NCCN1C)C1CC1. The molecule has 0 spiro atoms. The Kier molecular flexibility index (Phi) is 2.42. The molecule has 1 aliphatic heterocycles. The van der Waals surface area contributed by atoms with E-state index in [0.29, 0.717) is 0 Å². The monoisotopic (exact) mass is 181 g/mol. The van der Waals surface area contributed by atoms with Crippen LogP contribution in [0.25, 0.3) is 0 Å². The van der Waals surface area contributed by atoms with Gasteiger partial charge in [0.15, 0.2) is 5.96 Å². The van der Waals surface area contributed by atoms with E-state index in [0.717, 1.165) is 37.4 Å². The summed E-state index contributed by atoms with van der Waals surface area (Å²) in [5, 5.41) is 3.43. The summed E-state index contributed by atoms with van der Waals surface area (Å²) in [6, 6.07) is 0. The zero-order valence-corrected chi connectivity index (χ0v) is 8.58. The number of hydrogen-bond acceptors (Lipinski definition) is 3. The normalized spacial score (nSPS) is 24.5. The molecular weight excluding hydrogens is 162 g/mol. The van der Waals surface area contributed by atoms with Crippen LogP contribution < -0.4 is 5.32 Å². The molecule has 2 rings (SSSR count). The molecule has 1 heterocycles. The second-order valence-electron chi connectivity index (χ2n) is 4.32. The summed E-state index contributed by atoms with van der Waals surface area (Å²) in [6.07, 6.45) is 2.87. The molecule has 0 aromatic rings. The Morgan fingerprint density at radius 3 is 2.92 bits per heavy atom. The summed E-state index contributed by atoms with van der Waals surface area (Å²) < 4.78 is 0. The molecule has 0 radical (unpaired) electrons. The number of rotatable bonds is 3. The molecular formula is C10H19N3. The van der Waals surface area contributed by atoms with Gasteiger partial charge in [-0.25, -0.2) is 0 Å². The maximum atomic E-state index is 4.40. The van der Waals surface area contributed by atoms with Crippen LogP contribution in [0.5, 0.6) is 0 Å². The number of guanidine groups is 1. The van der Waals surface area contributed by atoms with Crippen LogP contribution in [0.1, 0.15) is 19.8 Å². The van der Waals surface area contributed by atoms with E-state index in [-0.39, 0.29) is 0 Å². The number of likely N-dealkylation sites (N-methyl/N-ethyl adjacent to an activating group) is 1. The van der Waals surface area contributed by atoms with Crippen molar-refractivity contribution in [1.82, 2.24) is 10.2 Å². The molecule has 1 aliphatic carbocycles. The Bertz CT molecular complexity index is 208. The summed E-state index contributed by atoms with van der Waals surface area (Å²) in [7, 11) is 2.10.